The van der Waals surface area contributed by atoms with Crippen molar-refractivity contribution in [2.45, 2.75) is 25.9 Å². The van der Waals surface area contributed by atoms with Crippen LogP contribution >= 0.6 is 24.0 Å². The number of rotatable bonds is 4. The molecule has 2 fully saturated rings. The molecule has 3 rings (SSSR count). The van der Waals surface area contributed by atoms with E-state index in [1.165, 1.54) is 12.0 Å². The van der Waals surface area contributed by atoms with Crippen LogP contribution in [0, 0.1) is 5.92 Å². The second-order valence-corrected chi connectivity index (χ2v) is 5.98. The third-order valence-electron chi connectivity index (χ3n) is 4.28. The number of guanidine groups is 1. The maximum absolute atomic E-state index is 5.42. The van der Waals surface area contributed by atoms with E-state index in [0.717, 1.165) is 50.5 Å². The molecule has 2 N–H and O–H groups in total. The molecule has 0 radical (unpaired) electrons. The fourth-order valence-electron chi connectivity index (χ4n) is 2.70. The van der Waals surface area contributed by atoms with Crippen molar-refractivity contribution in [2.24, 2.45) is 10.9 Å². The van der Waals surface area contributed by atoms with E-state index in [2.05, 4.69) is 38.5 Å². The van der Waals surface area contributed by atoms with Crippen molar-refractivity contribution in [3.05, 3.63) is 23.9 Å². The number of pyridine rings is 1. The van der Waals surface area contributed by atoms with Gasteiger partial charge in [0.1, 0.15) is 5.82 Å². The number of ether oxygens (including phenoxy) is 1. The van der Waals surface area contributed by atoms with E-state index in [1.54, 1.807) is 0 Å². The predicted molar refractivity (Wildman–Crippen MR) is 104 cm³/mol. The van der Waals surface area contributed by atoms with Gasteiger partial charge in [0, 0.05) is 44.5 Å². The Balaban J connectivity index is 0.00000192. The van der Waals surface area contributed by atoms with Gasteiger partial charge in [-0.15, -0.1) is 24.0 Å². The Morgan fingerprint density at radius 2 is 2.17 bits per heavy atom. The first-order valence-corrected chi connectivity index (χ1v) is 8.01. The molecule has 0 amide bonds. The summed E-state index contributed by atoms with van der Waals surface area (Å²) < 4.78 is 5.42. The lowest BCUT2D eigenvalue weighted by Gasteiger charge is -2.29. The highest BCUT2D eigenvalue weighted by Crippen LogP contribution is 2.28. The van der Waals surface area contributed by atoms with Crippen molar-refractivity contribution in [3.63, 3.8) is 0 Å². The topological polar surface area (TPSA) is 61.8 Å². The highest BCUT2D eigenvalue weighted by molar-refractivity contribution is 14.0. The number of morpholine rings is 1. The van der Waals surface area contributed by atoms with E-state index in [0.29, 0.717) is 6.04 Å². The molecule has 2 unspecified atom stereocenters. The lowest BCUT2D eigenvalue weighted by Crippen LogP contribution is -2.40. The van der Waals surface area contributed by atoms with Gasteiger partial charge in [-0.3, -0.25) is 4.99 Å². The lowest BCUT2D eigenvalue weighted by molar-refractivity contribution is 0.122. The van der Waals surface area contributed by atoms with Gasteiger partial charge in [0.05, 0.1) is 13.2 Å². The van der Waals surface area contributed by atoms with Gasteiger partial charge < -0.3 is 20.3 Å². The smallest absolute Gasteiger partial charge is 0.191 e. The molecule has 1 aromatic rings. The van der Waals surface area contributed by atoms with Gasteiger partial charge >= 0.3 is 0 Å². The van der Waals surface area contributed by atoms with E-state index in [4.69, 9.17) is 4.74 Å². The molecule has 2 atom stereocenters. The molecular weight excluding hydrogens is 405 g/mol. The maximum atomic E-state index is 5.42. The Hall–Kier alpha value is -1.09. The SMILES string of the molecule is CN=C(NCc1cccnc1N1CCOCC1)NC1CC1C.I. The molecule has 6 nitrogen and oxygen atoms in total. The summed E-state index contributed by atoms with van der Waals surface area (Å²) in [5.41, 5.74) is 1.19. The molecule has 0 spiro atoms. The van der Waals surface area contributed by atoms with Crippen LogP contribution in [-0.2, 0) is 11.3 Å². The first-order chi connectivity index (χ1) is 10.8. The van der Waals surface area contributed by atoms with Crippen molar-refractivity contribution in [1.82, 2.24) is 15.6 Å². The summed E-state index contributed by atoms with van der Waals surface area (Å²) in [6, 6.07) is 4.68. The molecular formula is C16H26IN5O. The van der Waals surface area contributed by atoms with E-state index >= 15 is 0 Å². The van der Waals surface area contributed by atoms with Gasteiger partial charge in [0.25, 0.3) is 0 Å². The number of nitrogens with one attached hydrogen (secondary N) is 2. The second kappa shape index (κ2) is 8.68. The average Bonchev–Trinajstić information content (AvgIpc) is 3.27. The summed E-state index contributed by atoms with van der Waals surface area (Å²) in [7, 11) is 1.81. The van der Waals surface area contributed by atoms with Crippen molar-refractivity contribution in [1.29, 1.82) is 0 Å². The quantitative estimate of drug-likeness (QED) is 0.431. The van der Waals surface area contributed by atoms with Crippen LogP contribution < -0.4 is 15.5 Å². The minimum Gasteiger partial charge on any atom is -0.378 e. The van der Waals surface area contributed by atoms with E-state index in [1.807, 2.05) is 19.3 Å². The Kier molecular flexibility index (Phi) is 6.88. The highest BCUT2D eigenvalue weighted by atomic mass is 127. The molecule has 1 aliphatic heterocycles. The van der Waals surface area contributed by atoms with Gasteiger partial charge in [-0.25, -0.2) is 4.98 Å². The Morgan fingerprint density at radius 3 is 2.83 bits per heavy atom. The Labute approximate surface area is 155 Å². The minimum atomic E-state index is 0. The second-order valence-electron chi connectivity index (χ2n) is 5.98. The normalized spacial score (nSPS) is 23.9. The Bertz CT molecular complexity index is 533. The van der Waals surface area contributed by atoms with Gasteiger partial charge in [0.2, 0.25) is 0 Å². The molecule has 128 valence electrons. The highest BCUT2D eigenvalue weighted by Gasteiger charge is 2.33. The summed E-state index contributed by atoms with van der Waals surface area (Å²) in [5, 5.41) is 6.84. The zero-order valence-corrected chi connectivity index (χ0v) is 16.1. The van der Waals surface area contributed by atoms with Crippen molar-refractivity contribution in [3.8, 4) is 0 Å². The number of hydrogen-bond acceptors (Lipinski definition) is 4. The summed E-state index contributed by atoms with van der Waals surface area (Å²) >= 11 is 0. The molecule has 1 aliphatic carbocycles. The standard InChI is InChI=1S/C16H25N5O.HI/c1-12-10-14(12)20-16(17-2)19-11-13-4-3-5-18-15(13)21-6-8-22-9-7-21;/h3-5,12,14H,6-11H2,1-2H3,(H2,17,19,20);1H. The molecule has 1 saturated heterocycles. The van der Waals surface area contributed by atoms with Gasteiger partial charge in [-0.2, -0.15) is 0 Å². The van der Waals surface area contributed by atoms with Gasteiger partial charge in [-0.05, 0) is 18.4 Å². The average molecular weight is 431 g/mol. The fraction of sp³-hybridized carbons (Fsp3) is 0.625. The largest absolute Gasteiger partial charge is 0.378 e. The van der Waals surface area contributed by atoms with Crippen molar-refractivity contribution < 1.29 is 4.74 Å². The van der Waals surface area contributed by atoms with Crippen LogP contribution in [0.15, 0.2) is 23.3 Å². The first-order valence-electron chi connectivity index (χ1n) is 8.01. The monoisotopic (exact) mass is 431 g/mol. The summed E-state index contributed by atoms with van der Waals surface area (Å²) in [6.07, 6.45) is 3.08. The van der Waals surface area contributed by atoms with Crippen molar-refractivity contribution in [2.75, 3.05) is 38.3 Å². The number of hydrogen-bond donors (Lipinski definition) is 2. The first kappa shape index (κ1) is 18.3. The van der Waals surface area contributed by atoms with Crippen molar-refractivity contribution >= 4 is 35.8 Å². The van der Waals surface area contributed by atoms with Crippen LogP contribution in [0.3, 0.4) is 0 Å². The van der Waals surface area contributed by atoms with Crippen LogP contribution in [0.1, 0.15) is 18.9 Å². The summed E-state index contributed by atoms with van der Waals surface area (Å²) in [4.78, 5) is 11.2. The summed E-state index contributed by atoms with van der Waals surface area (Å²) in [6.45, 7) is 6.32. The molecule has 0 bridgehead atoms. The number of halogens is 1. The molecule has 1 aromatic heterocycles. The van der Waals surface area contributed by atoms with Crippen LogP contribution in [0.2, 0.25) is 0 Å². The molecule has 7 heteroatoms. The number of aromatic nitrogens is 1. The number of nitrogens with zero attached hydrogens (tertiary/aromatic N) is 3. The number of anilines is 1. The molecule has 1 saturated carbocycles. The van der Waals surface area contributed by atoms with Crippen LogP contribution in [0.4, 0.5) is 5.82 Å². The van der Waals surface area contributed by atoms with Crippen LogP contribution in [0.5, 0.6) is 0 Å². The molecule has 0 aromatic carbocycles. The lowest BCUT2D eigenvalue weighted by atomic mass is 10.2. The molecule has 23 heavy (non-hydrogen) atoms. The molecule has 2 heterocycles. The summed E-state index contributed by atoms with van der Waals surface area (Å²) in [5.74, 6) is 2.67. The van der Waals surface area contributed by atoms with E-state index < -0.39 is 0 Å². The Morgan fingerprint density at radius 1 is 1.43 bits per heavy atom. The van der Waals surface area contributed by atoms with Gasteiger partial charge in [0.15, 0.2) is 5.96 Å². The maximum Gasteiger partial charge on any atom is 0.191 e. The zero-order chi connectivity index (χ0) is 15.4. The fourth-order valence-corrected chi connectivity index (χ4v) is 2.70. The number of aliphatic imine (C=N–C) groups is 1. The zero-order valence-electron chi connectivity index (χ0n) is 13.8. The third-order valence-corrected chi connectivity index (χ3v) is 4.28. The van der Waals surface area contributed by atoms with E-state index in [-0.39, 0.29) is 24.0 Å². The van der Waals surface area contributed by atoms with E-state index in [9.17, 15) is 0 Å². The third kappa shape index (κ3) is 4.94. The molecule has 2 aliphatic rings. The predicted octanol–water partition coefficient (Wildman–Crippen LogP) is 1.61. The van der Waals surface area contributed by atoms with Gasteiger partial charge in [-0.1, -0.05) is 13.0 Å². The van der Waals surface area contributed by atoms with Crippen LogP contribution in [-0.4, -0.2) is 50.3 Å². The van der Waals surface area contributed by atoms with Crippen LogP contribution in [0.25, 0.3) is 0 Å². The minimum absolute atomic E-state index is 0.